The summed E-state index contributed by atoms with van der Waals surface area (Å²) in [7, 11) is 2.02. The average Bonchev–Trinajstić information content (AvgIpc) is 2.38. The van der Waals surface area contributed by atoms with Crippen molar-refractivity contribution in [2.24, 2.45) is 5.92 Å². The van der Waals surface area contributed by atoms with Crippen molar-refractivity contribution >= 4 is 5.69 Å². The number of nitrogen functional groups attached to an aromatic ring is 1. The Bertz CT molecular complexity index is 394. The van der Waals surface area contributed by atoms with Gasteiger partial charge in [0.15, 0.2) is 0 Å². The molecule has 0 amide bonds. The zero-order chi connectivity index (χ0) is 15.0. The van der Waals surface area contributed by atoms with E-state index in [2.05, 4.69) is 24.8 Å². The normalized spacial score (nSPS) is 11.3. The third kappa shape index (κ3) is 6.26. The van der Waals surface area contributed by atoms with Gasteiger partial charge in [-0.25, -0.2) is 0 Å². The van der Waals surface area contributed by atoms with Gasteiger partial charge in [0.1, 0.15) is 5.75 Å². The van der Waals surface area contributed by atoms with E-state index < -0.39 is 0 Å². The lowest BCUT2D eigenvalue weighted by molar-refractivity contribution is 0.220. The number of nitrogens with zero attached hydrogens (tertiary/aromatic N) is 1. The fourth-order valence-corrected chi connectivity index (χ4v) is 1.98. The molecule has 0 atom stereocenters. The van der Waals surface area contributed by atoms with Crippen LogP contribution in [-0.4, -0.2) is 43.4 Å². The predicted octanol–water partition coefficient (Wildman–Crippen LogP) is 2.16. The fraction of sp³-hybridized carbons (Fsp3) is 0.625. The van der Waals surface area contributed by atoms with Crippen LogP contribution < -0.4 is 10.5 Å². The van der Waals surface area contributed by atoms with Gasteiger partial charge in [0.25, 0.3) is 0 Å². The Morgan fingerprint density at radius 2 is 2.05 bits per heavy atom. The van der Waals surface area contributed by atoms with Gasteiger partial charge in [-0.05, 0) is 50.0 Å². The van der Waals surface area contributed by atoms with Gasteiger partial charge in [0.2, 0.25) is 0 Å². The molecule has 0 radical (unpaired) electrons. The number of benzene rings is 1. The second-order valence-electron chi connectivity index (χ2n) is 5.71. The second kappa shape index (κ2) is 8.82. The minimum atomic E-state index is 0.214. The molecule has 0 bridgehead atoms. The maximum Gasteiger partial charge on any atom is 0.142 e. The number of hydrogen-bond donors (Lipinski definition) is 2. The SMILES string of the molecule is CC(C)COc1ccc(CCCN(C)CCO)cc1N. The minimum Gasteiger partial charge on any atom is -0.491 e. The molecule has 0 fully saturated rings. The number of likely N-dealkylation sites (N-methyl/N-ethyl adjacent to an activating group) is 1. The molecule has 1 rings (SSSR count). The van der Waals surface area contributed by atoms with Crippen LogP contribution in [0.5, 0.6) is 5.75 Å². The standard InChI is InChI=1S/C16H28N2O2/c1-13(2)12-20-16-7-6-14(11-15(16)17)5-4-8-18(3)9-10-19/h6-7,11,13,19H,4-5,8-10,12,17H2,1-3H3. The summed E-state index contributed by atoms with van der Waals surface area (Å²) in [5, 5.41) is 8.84. The number of ether oxygens (including phenoxy) is 1. The van der Waals surface area contributed by atoms with Gasteiger partial charge in [-0.1, -0.05) is 19.9 Å². The van der Waals surface area contributed by atoms with Crippen LogP contribution in [0.25, 0.3) is 0 Å². The molecule has 0 aliphatic heterocycles. The van der Waals surface area contributed by atoms with Crippen LogP contribution >= 0.6 is 0 Å². The monoisotopic (exact) mass is 280 g/mol. The number of hydrogen-bond acceptors (Lipinski definition) is 4. The molecule has 0 spiro atoms. The highest BCUT2D eigenvalue weighted by Crippen LogP contribution is 2.23. The summed E-state index contributed by atoms with van der Waals surface area (Å²) in [6.45, 7) is 6.85. The summed E-state index contributed by atoms with van der Waals surface area (Å²) in [6.07, 6.45) is 2.05. The molecule has 0 saturated carbocycles. The highest BCUT2D eigenvalue weighted by molar-refractivity contribution is 5.54. The smallest absolute Gasteiger partial charge is 0.142 e. The number of nitrogens with two attached hydrogens (primary N) is 1. The van der Waals surface area contributed by atoms with Crippen LogP contribution in [0.1, 0.15) is 25.8 Å². The van der Waals surface area contributed by atoms with E-state index in [-0.39, 0.29) is 6.61 Å². The van der Waals surface area contributed by atoms with E-state index in [0.717, 1.165) is 31.7 Å². The molecule has 4 heteroatoms. The molecule has 0 aliphatic rings. The third-order valence-electron chi connectivity index (χ3n) is 3.13. The van der Waals surface area contributed by atoms with Gasteiger partial charge in [-0.3, -0.25) is 0 Å². The molecule has 0 aromatic heterocycles. The summed E-state index contributed by atoms with van der Waals surface area (Å²) in [5.74, 6) is 1.27. The van der Waals surface area contributed by atoms with Crippen molar-refractivity contribution in [2.45, 2.75) is 26.7 Å². The minimum absolute atomic E-state index is 0.214. The van der Waals surface area contributed by atoms with Gasteiger partial charge in [-0.2, -0.15) is 0 Å². The summed E-state index contributed by atoms with van der Waals surface area (Å²) >= 11 is 0. The molecule has 20 heavy (non-hydrogen) atoms. The number of rotatable bonds is 9. The van der Waals surface area contributed by atoms with E-state index in [9.17, 15) is 0 Å². The Morgan fingerprint density at radius 1 is 1.30 bits per heavy atom. The van der Waals surface area contributed by atoms with Gasteiger partial charge in [-0.15, -0.1) is 0 Å². The molecule has 0 aliphatic carbocycles. The van der Waals surface area contributed by atoms with Crippen molar-refractivity contribution in [1.29, 1.82) is 0 Å². The highest BCUT2D eigenvalue weighted by atomic mass is 16.5. The van der Waals surface area contributed by atoms with Crippen molar-refractivity contribution < 1.29 is 9.84 Å². The van der Waals surface area contributed by atoms with Gasteiger partial charge < -0.3 is 20.5 Å². The Morgan fingerprint density at radius 3 is 2.65 bits per heavy atom. The lowest BCUT2D eigenvalue weighted by Gasteiger charge is -2.15. The van der Waals surface area contributed by atoms with E-state index in [1.165, 1.54) is 5.56 Å². The molecule has 0 heterocycles. The topological polar surface area (TPSA) is 58.7 Å². The molecule has 1 aromatic rings. The first kappa shape index (κ1) is 16.8. The first-order valence-corrected chi connectivity index (χ1v) is 7.33. The van der Waals surface area contributed by atoms with Crippen molar-refractivity contribution in [3.8, 4) is 5.75 Å². The average molecular weight is 280 g/mol. The summed E-state index contributed by atoms with van der Waals surface area (Å²) in [4.78, 5) is 2.13. The van der Waals surface area contributed by atoms with Gasteiger partial charge in [0.05, 0.1) is 18.9 Å². The fourth-order valence-electron chi connectivity index (χ4n) is 1.98. The van der Waals surface area contributed by atoms with E-state index in [1.807, 2.05) is 19.2 Å². The van der Waals surface area contributed by atoms with Crippen molar-refractivity contribution in [1.82, 2.24) is 4.90 Å². The zero-order valence-corrected chi connectivity index (χ0v) is 12.9. The largest absolute Gasteiger partial charge is 0.491 e. The Hall–Kier alpha value is -1.26. The van der Waals surface area contributed by atoms with Crippen LogP contribution in [0.15, 0.2) is 18.2 Å². The number of aryl methyl sites for hydroxylation is 1. The quantitative estimate of drug-likeness (QED) is 0.681. The van der Waals surface area contributed by atoms with E-state index >= 15 is 0 Å². The lowest BCUT2D eigenvalue weighted by Crippen LogP contribution is -2.23. The molecule has 0 saturated heterocycles. The number of aliphatic hydroxyl groups is 1. The maximum atomic E-state index is 8.84. The molecule has 1 aromatic carbocycles. The first-order chi connectivity index (χ1) is 9.52. The van der Waals surface area contributed by atoms with Crippen molar-refractivity contribution in [3.05, 3.63) is 23.8 Å². The molecule has 3 N–H and O–H groups in total. The van der Waals surface area contributed by atoms with Crippen LogP contribution in [-0.2, 0) is 6.42 Å². The van der Waals surface area contributed by atoms with Gasteiger partial charge in [0, 0.05) is 6.54 Å². The Kier molecular flexibility index (Phi) is 7.41. The summed E-state index contributed by atoms with van der Waals surface area (Å²) in [5.41, 5.74) is 7.97. The van der Waals surface area contributed by atoms with Crippen LogP contribution in [0.2, 0.25) is 0 Å². The molecular weight excluding hydrogens is 252 g/mol. The Labute approximate surface area is 122 Å². The predicted molar refractivity (Wildman–Crippen MR) is 84.1 cm³/mol. The lowest BCUT2D eigenvalue weighted by atomic mass is 10.1. The van der Waals surface area contributed by atoms with Crippen LogP contribution in [0, 0.1) is 5.92 Å². The molecule has 114 valence electrons. The van der Waals surface area contributed by atoms with E-state index in [1.54, 1.807) is 0 Å². The van der Waals surface area contributed by atoms with E-state index in [0.29, 0.717) is 18.2 Å². The maximum absolute atomic E-state index is 8.84. The third-order valence-corrected chi connectivity index (χ3v) is 3.13. The summed E-state index contributed by atoms with van der Waals surface area (Å²) in [6, 6.07) is 6.05. The second-order valence-corrected chi connectivity index (χ2v) is 5.71. The molecule has 0 unspecified atom stereocenters. The number of anilines is 1. The highest BCUT2D eigenvalue weighted by Gasteiger charge is 2.04. The van der Waals surface area contributed by atoms with Crippen molar-refractivity contribution in [3.63, 3.8) is 0 Å². The van der Waals surface area contributed by atoms with Crippen LogP contribution in [0.4, 0.5) is 5.69 Å². The van der Waals surface area contributed by atoms with Crippen LogP contribution in [0.3, 0.4) is 0 Å². The molecule has 4 nitrogen and oxygen atoms in total. The summed E-state index contributed by atoms with van der Waals surface area (Å²) < 4.78 is 5.67. The first-order valence-electron chi connectivity index (χ1n) is 7.33. The van der Waals surface area contributed by atoms with Crippen molar-refractivity contribution in [2.75, 3.05) is 39.1 Å². The Balaban J connectivity index is 2.42. The van der Waals surface area contributed by atoms with Gasteiger partial charge >= 0.3 is 0 Å². The van der Waals surface area contributed by atoms with E-state index in [4.69, 9.17) is 15.6 Å². The number of aliphatic hydroxyl groups excluding tert-OH is 1. The zero-order valence-electron chi connectivity index (χ0n) is 12.9. The molecular formula is C16H28N2O2.